The molecule has 1 amide bonds. The molecule has 6 heteroatoms. The molecule has 16 heavy (non-hydrogen) atoms. The van der Waals surface area contributed by atoms with Gasteiger partial charge in [-0.15, -0.1) is 0 Å². The minimum absolute atomic E-state index is 0.234. The van der Waals surface area contributed by atoms with Gasteiger partial charge in [0.25, 0.3) is 0 Å². The molecule has 0 aromatic carbocycles. The maximum atomic E-state index is 11.3. The summed E-state index contributed by atoms with van der Waals surface area (Å²) in [7, 11) is 0. The van der Waals surface area contributed by atoms with E-state index in [2.05, 4.69) is 5.32 Å². The molecule has 1 rings (SSSR count). The molecule has 0 spiro atoms. The summed E-state index contributed by atoms with van der Waals surface area (Å²) in [6.45, 7) is 4.67. The number of hydrogen-bond acceptors (Lipinski definition) is 4. The molecule has 0 aliphatic heterocycles. The number of ether oxygens (including phenoxy) is 1. The molecule has 0 saturated heterocycles. The van der Waals surface area contributed by atoms with Gasteiger partial charge in [-0.1, -0.05) is 0 Å². The fourth-order valence-corrected chi connectivity index (χ4v) is 1.42. The number of aliphatic hydroxyl groups is 1. The lowest BCUT2D eigenvalue weighted by atomic mass is 10.1. The first-order valence-corrected chi connectivity index (χ1v) is 5.05. The van der Waals surface area contributed by atoms with E-state index in [0.29, 0.717) is 0 Å². The van der Waals surface area contributed by atoms with Crippen LogP contribution in [0.3, 0.4) is 0 Å². The first kappa shape index (κ1) is 12.8. The second kappa shape index (κ2) is 3.93. The molecule has 0 radical (unpaired) electrons. The van der Waals surface area contributed by atoms with Crippen molar-refractivity contribution >= 4 is 12.1 Å². The second-order valence-corrected chi connectivity index (χ2v) is 5.02. The van der Waals surface area contributed by atoms with Crippen molar-refractivity contribution in [1.29, 1.82) is 0 Å². The fraction of sp³-hybridized carbons (Fsp3) is 0.800. The Balaban J connectivity index is 2.47. The molecule has 1 fully saturated rings. The van der Waals surface area contributed by atoms with Crippen LogP contribution in [-0.4, -0.2) is 40.5 Å². The molecule has 3 N–H and O–H groups in total. The Kier molecular flexibility index (Phi) is 3.14. The van der Waals surface area contributed by atoms with Crippen LogP contribution >= 0.6 is 0 Å². The van der Waals surface area contributed by atoms with E-state index in [1.54, 1.807) is 20.8 Å². The van der Waals surface area contributed by atoms with Gasteiger partial charge in [-0.2, -0.15) is 0 Å². The van der Waals surface area contributed by atoms with Crippen LogP contribution in [0.25, 0.3) is 0 Å². The predicted molar refractivity (Wildman–Crippen MR) is 54.9 cm³/mol. The van der Waals surface area contributed by atoms with E-state index in [1.807, 2.05) is 0 Å². The topological polar surface area (TPSA) is 95.9 Å². The summed E-state index contributed by atoms with van der Waals surface area (Å²) in [6.07, 6.45) is -0.424. The van der Waals surface area contributed by atoms with Crippen molar-refractivity contribution in [2.75, 3.05) is 6.61 Å². The lowest BCUT2D eigenvalue weighted by Crippen LogP contribution is -2.38. The van der Waals surface area contributed by atoms with Crippen molar-refractivity contribution < 1.29 is 24.5 Å². The summed E-state index contributed by atoms with van der Waals surface area (Å²) in [6, 6.07) is -0.551. The first-order chi connectivity index (χ1) is 7.21. The zero-order valence-corrected chi connectivity index (χ0v) is 9.61. The van der Waals surface area contributed by atoms with Gasteiger partial charge < -0.3 is 20.3 Å². The second-order valence-electron chi connectivity index (χ2n) is 5.02. The molecule has 2 atom stereocenters. The van der Waals surface area contributed by atoms with E-state index in [9.17, 15) is 9.59 Å². The molecular formula is C10H17NO5. The van der Waals surface area contributed by atoms with E-state index in [4.69, 9.17) is 14.9 Å². The van der Waals surface area contributed by atoms with Gasteiger partial charge in [-0.25, -0.2) is 4.79 Å². The number of rotatable bonds is 3. The van der Waals surface area contributed by atoms with Gasteiger partial charge in [0, 0.05) is 0 Å². The molecule has 1 saturated carbocycles. The van der Waals surface area contributed by atoms with Crippen LogP contribution in [0.5, 0.6) is 0 Å². The van der Waals surface area contributed by atoms with Crippen LogP contribution in [-0.2, 0) is 9.53 Å². The molecule has 0 heterocycles. The summed E-state index contributed by atoms with van der Waals surface area (Å²) >= 11 is 0. The number of carbonyl (C=O) groups excluding carboxylic acids is 1. The lowest BCUT2D eigenvalue weighted by Gasteiger charge is -2.20. The number of aliphatic hydroxyl groups excluding tert-OH is 1. The SMILES string of the molecule is CC(C)(C)OC(=O)NC1CC1(CO)C(=O)O. The molecule has 1 aliphatic rings. The number of hydrogen-bond donors (Lipinski definition) is 3. The molecule has 0 aromatic rings. The van der Waals surface area contributed by atoms with Crippen LogP contribution in [0.2, 0.25) is 0 Å². The normalized spacial score (nSPS) is 28.4. The standard InChI is InChI=1S/C10H17NO5/c1-9(2,3)16-8(15)11-6-4-10(6,5-12)7(13)14/h6,12H,4-5H2,1-3H3,(H,11,15)(H,13,14). The van der Waals surface area contributed by atoms with E-state index < -0.39 is 35.7 Å². The van der Waals surface area contributed by atoms with E-state index in [0.717, 1.165) is 0 Å². The van der Waals surface area contributed by atoms with Gasteiger partial charge in [0.2, 0.25) is 0 Å². The van der Waals surface area contributed by atoms with Crippen molar-refractivity contribution in [2.24, 2.45) is 5.41 Å². The molecule has 0 bridgehead atoms. The lowest BCUT2D eigenvalue weighted by molar-refractivity contribution is -0.145. The molecular weight excluding hydrogens is 214 g/mol. The van der Waals surface area contributed by atoms with Crippen LogP contribution in [0.15, 0.2) is 0 Å². The molecule has 2 unspecified atom stereocenters. The third kappa shape index (κ3) is 2.63. The van der Waals surface area contributed by atoms with Gasteiger partial charge in [0.15, 0.2) is 0 Å². The highest BCUT2D eigenvalue weighted by Gasteiger charge is 2.61. The van der Waals surface area contributed by atoms with Crippen molar-refractivity contribution in [3.63, 3.8) is 0 Å². The summed E-state index contributed by atoms with van der Waals surface area (Å²) in [5.74, 6) is -1.10. The summed E-state index contributed by atoms with van der Waals surface area (Å²) in [5, 5.41) is 20.3. The van der Waals surface area contributed by atoms with Crippen molar-refractivity contribution in [2.45, 2.75) is 38.8 Å². The maximum Gasteiger partial charge on any atom is 0.407 e. The minimum Gasteiger partial charge on any atom is -0.481 e. The highest BCUT2D eigenvalue weighted by molar-refractivity contribution is 5.82. The summed E-state index contributed by atoms with van der Waals surface area (Å²) in [4.78, 5) is 22.2. The van der Waals surface area contributed by atoms with Crippen molar-refractivity contribution in [1.82, 2.24) is 5.32 Å². The van der Waals surface area contributed by atoms with Crippen LogP contribution in [0.4, 0.5) is 4.79 Å². The monoisotopic (exact) mass is 231 g/mol. The highest BCUT2D eigenvalue weighted by Crippen LogP contribution is 2.45. The fourth-order valence-electron chi connectivity index (χ4n) is 1.42. The number of carboxylic acid groups (broad SMARTS) is 1. The third-order valence-electron chi connectivity index (χ3n) is 2.47. The molecule has 92 valence electrons. The highest BCUT2D eigenvalue weighted by atomic mass is 16.6. The van der Waals surface area contributed by atoms with Gasteiger partial charge in [-0.3, -0.25) is 4.79 Å². The Bertz CT molecular complexity index is 309. The number of carboxylic acids is 1. The Morgan fingerprint density at radius 1 is 1.50 bits per heavy atom. The zero-order chi connectivity index (χ0) is 12.6. The third-order valence-corrected chi connectivity index (χ3v) is 2.47. The van der Waals surface area contributed by atoms with Gasteiger partial charge in [0.05, 0.1) is 12.6 Å². The molecule has 6 nitrogen and oxygen atoms in total. The van der Waals surface area contributed by atoms with Gasteiger partial charge in [-0.05, 0) is 27.2 Å². The number of aliphatic carboxylic acids is 1. The van der Waals surface area contributed by atoms with Crippen LogP contribution in [0, 0.1) is 5.41 Å². The van der Waals surface area contributed by atoms with Crippen molar-refractivity contribution in [3.05, 3.63) is 0 Å². The summed E-state index contributed by atoms with van der Waals surface area (Å²) < 4.78 is 4.98. The number of amides is 1. The van der Waals surface area contributed by atoms with Gasteiger partial charge >= 0.3 is 12.1 Å². The molecule has 1 aliphatic carbocycles. The average Bonchev–Trinajstić information content (AvgIpc) is 2.75. The average molecular weight is 231 g/mol. The van der Waals surface area contributed by atoms with E-state index in [1.165, 1.54) is 0 Å². The number of alkyl carbamates (subject to hydrolysis) is 1. The van der Waals surface area contributed by atoms with Crippen LogP contribution < -0.4 is 5.32 Å². The first-order valence-electron chi connectivity index (χ1n) is 5.05. The van der Waals surface area contributed by atoms with Crippen molar-refractivity contribution in [3.8, 4) is 0 Å². The van der Waals surface area contributed by atoms with Gasteiger partial charge in [0.1, 0.15) is 11.0 Å². The van der Waals surface area contributed by atoms with Crippen LogP contribution in [0.1, 0.15) is 27.2 Å². The van der Waals surface area contributed by atoms with E-state index in [-0.39, 0.29) is 6.42 Å². The summed E-state index contributed by atoms with van der Waals surface area (Å²) in [5.41, 5.74) is -1.85. The Morgan fingerprint density at radius 3 is 2.38 bits per heavy atom. The predicted octanol–water partition coefficient (Wildman–Crippen LogP) is 0.347. The number of carbonyl (C=O) groups is 2. The Morgan fingerprint density at radius 2 is 2.06 bits per heavy atom. The number of nitrogens with one attached hydrogen (secondary N) is 1. The Hall–Kier alpha value is -1.30. The smallest absolute Gasteiger partial charge is 0.407 e. The zero-order valence-electron chi connectivity index (χ0n) is 9.61. The molecule has 0 aromatic heterocycles. The Labute approximate surface area is 93.6 Å². The van der Waals surface area contributed by atoms with E-state index >= 15 is 0 Å². The minimum atomic E-state index is -1.23. The largest absolute Gasteiger partial charge is 0.481 e. The maximum absolute atomic E-state index is 11.3. The quantitative estimate of drug-likeness (QED) is 0.651.